The van der Waals surface area contributed by atoms with E-state index in [0.717, 1.165) is 5.58 Å². The minimum Gasteiger partial charge on any atom is -0.464 e. The minimum absolute atomic E-state index is 0.263. The summed E-state index contributed by atoms with van der Waals surface area (Å²) in [7, 11) is 2.18. The maximum absolute atomic E-state index is 5.99. The molecule has 96 valence electrons. The van der Waals surface area contributed by atoms with Gasteiger partial charge in [-0.25, -0.2) is 0 Å². The number of nitrogens with zero attached hydrogens (tertiary/aromatic N) is 1. The van der Waals surface area contributed by atoms with Crippen molar-refractivity contribution in [1.29, 1.82) is 0 Å². The number of nitrogens with two attached hydrogens (primary N) is 1. The molecule has 3 rings (SSSR count). The summed E-state index contributed by atoms with van der Waals surface area (Å²) in [5, 5.41) is 1.19. The summed E-state index contributed by atoms with van der Waals surface area (Å²) in [6.07, 6.45) is 5.81. The number of furan rings is 1. The van der Waals surface area contributed by atoms with Crippen LogP contribution in [-0.2, 0) is 0 Å². The fraction of sp³-hybridized carbons (Fsp3) is 0.467. The minimum atomic E-state index is 0.263. The number of para-hydroxylation sites is 1. The van der Waals surface area contributed by atoms with Gasteiger partial charge in [-0.05, 0) is 26.0 Å². The molecule has 1 atom stereocenters. The van der Waals surface area contributed by atoms with Crippen LogP contribution in [0.4, 0.5) is 0 Å². The summed E-state index contributed by atoms with van der Waals surface area (Å²) in [6.45, 7) is 0.635. The van der Waals surface area contributed by atoms with Crippen LogP contribution in [0, 0.1) is 0 Å². The summed E-state index contributed by atoms with van der Waals surface area (Å²) in [6, 6.07) is 9.13. The van der Waals surface area contributed by atoms with Gasteiger partial charge in [0.2, 0.25) is 0 Å². The summed E-state index contributed by atoms with van der Waals surface area (Å²) < 4.78 is 5.63. The molecule has 1 heterocycles. The molecule has 1 aliphatic carbocycles. The highest BCUT2D eigenvalue weighted by atomic mass is 16.3. The van der Waals surface area contributed by atoms with Gasteiger partial charge in [0.25, 0.3) is 0 Å². The Balaban J connectivity index is 1.95. The van der Waals surface area contributed by atoms with E-state index in [4.69, 9.17) is 10.2 Å². The van der Waals surface area contributed by atoms with E-state index in [2.05, 4.69) is 24.1 Å². The summed E-state index contributed by atoms with van der Waals surface area (Å²) in [5.74, 6) is 0. The Morgan fingerprint density at radius 3 is 2.83 bits per heavy atom. The molecule has 1 aliphatic rings. The molecule has 3 nitrogen and oxygen atoms in total. The lowest BCUT2D eigenvalue weighted by atomic mass is 9.89. The molecular weight excluding hydrogens is 224 g/mol. The Labute approximate surface area is 108 Å². The largest absolute Gasteiger partial charge is 0.464 e. The molecule has 1 aromatic carbocycles. The maximum Gasteiger partial charge on any atom is 0.134 e. The molecule has 0 aliphatic heterocycles. The lowest BCUT2D eigenvalue weighted by molar-refractivity contribution is 0.113. The maximum atomic E-state index is 5.99. The van der Waals surface area contributed by atoms with Gasteiger partial charge in [-0.15, -0.1) is 0 Å². The molecular formula is C15H20N2O. The summed E-state index contributed by atoms with van der Waals surface area (Å²) in [5.41, 5.74) is 8.17. The first kappa shape index (κ1) is 11.8. The first-order chi connectivity index (χ1) is 8.81. The van der Waals surface area contributed by atoms with E-state index >= 15 is 0 Å². The molecule has 1 fully saturated rings. The highest BCUT2D eigenvalue weighted by Crippen LogP contribution is 2.34. The third-order valence-corrected chi connectivity index (χ3v) is 4.24. The molecule has 2 N–H and O–H groups in total. The van der Waals surface area contributed by atoms with Crippen LogP contribution >= 0.6 is 0 Å². The van der Waals surface area contributed by atoms with E-state index < -0.39 is 0 Å². The van der Waals surface area contributed by atoms with Crippen LogP contribution in [0.5, 0.6) is 0 Å². The van der Waals surface area contributed by atoms with Crippen molar-refractivity contribution in [1.82, 2.24) is 4.90 Å². The van der Waals surface area contributed by atoms with Gasteiger partial charge in [0.15, 0.2) is 0 Å². The van der Waals surface area contributed by atoms with E-state index in [-0.39, 0.29) is 6.04 Å². The molecule has 18 heavy (non-hydrogen) atoms. The van der Waals surface area contributed by atoms with E-state index in [1.807, 2.05) is 18.4 Å². The average molecular weight is 244 g/mol. The van der Waals surface area contributed by atoms with Gasteiger partial charge in [0.1, 0.15) is 5.58 Å². The first-order valence-corrected chi connectivity index (χ1v) is 6.69. The molecule has 0 saturated heterocycles. The fourth-order valence-electron chi connectivity index (χ4n) is 2.82. The molecule has 0 radical (unpaired) electrons. The van der Waals surface area contributed by atoms with Crippen LogP contribution in [0.3, 0.4) is 0 Å². The molecule has 1 unspecified atom stereocenters. The van der Waals surface area contributed by atoms with Gasteiger partial charge < -0.3 is 10.2 Å². The third-order valence-electron chi connectivity index (χ3n) is 4.24. The molecule has 2 aromatic rings. The van der Waals surface area contributed by atoms with Gasteiger partial charge in [0, 0.05) is 23.5 Å². The Morgan fingerprint density at radius 1 is 1.39 bits per heavy atom. The van der Waals surface area contributed by atoms with Crippen molar-refractivity contribution < 1.29 is 4.42 Å². The van der Waals surface area contributed by atoms with Crippen LogP contribution in [-0.4, -0.2) is 24.5 Å². The van der Waals surface area contributed by atoms with Crippen molar-refractivity contribution >= 4 is 11.0 Å². The molecule has 0 bridgehead atoms. The van der Waals surface area contributed by atoms with E-state index in [0.29, 0.717) is 12.6 Å². The normalized spacial score (nSPS) is 18.2. The Morgan fingerprint density at radius 2 is 2.17 bits per heavy atom. The predicted octanol–water partition coefficient (Wildman–Crippen LogP) is 2.92. The van der Waals surface area contributed by atoms with Crippen LogP contribution in [0.2, 0.25) is 0 Å². The lowest BCUT2D eigenvalue weighted by Crippen LogP contribution is -2.42. The second-order valence-electron chi connectivity index (χ2n) is 5.19. The second-order valence-corrected chi connectivity index (χ2v) is 5.19. The first-order valence-electron chi connectivity index (χ1n) is 6.69. The smallest absolute Gasteiger partial charge is 0.134 e. The predicted molar refractivity (Wildman–Crippen MR) is 73.4 cm³/mol. The fourth-order valence-corrected chi connectivity index (χ4v) is 2.82. The zero-order chi connectivity index (χ0) is 12.5. The van der Waals surface area contributed by atoms with Crippen LogP contribution < -0.4 is 5.73 Å². The van der Waals surface area contributed by atoms with Crippen molar-refractivity contribution in [2.24, 2.45) is 5.73 Å². The second kappa shape index (κ2) is 4.75. The lowest BCUT2D eigenvalue weighted by Gasteiger charge is -2.39. The van der Waals surface area contributed by atoms with Crippen LogP contribution in [0.15, 0.2) is 34.9 Å². The van der Waals surface area contributed by atoms with Crippen LogP contribution in [0.1, 0.15) is 30.9 Å². The number of benzene rings is 1. The topological polar surface area (TPSA) is 42.4 Å². The summed E-state index contributed by atoms with van der Waals surface area (Å²) in [4.78, 5) is 2.42. The van der Waals surface area contributed by atoms with Crippen molar-refractivity contribution in [3.63, 3.8) is 0 Å². The molecule has 1 aromatic heterocycles. The quantitative estimate of drug-likeness (QED) is 0.899. The molecule has 0 spiro atoms. The van der Waals surface area contributed by atoms with Gasteiger partial charge in [-0.2, -0.15) is 0 Å². The highest BCUT2D eigenvalue weighted by Gasteiger charge is 2.29. The molecule has 0 amide bonds. The number of rotatable bonds is 4. The number of fused-ring (bicyclic) bond motifs is 1. The number of likely N-dealkylation sites (N-methyl/N-ethyl adjacent to an activating group) is 1. The van der Waals surface area contributed by atoms with Crippen molar-refractivity contribution in [2.75, 3.05) is 13.6 Å². The van der Waals surface area contributed by atoms with Crippen molar-refractivity contribution in [3.8, 4) is 0 Å². The van der Waals surface area contributed by atoms with Crippen LogP contribution in [0.25, 0.3) is 11.0 Å². The van der Waals surface area contributed by atoms with Crippen molar-refractivity contribution in [2.45, 2.75) is 31.3 Å². The average Bonchev–Trinajstić information content (AvgIpc) is 2.72. The van der Waals surface area contributed by atoms with Crippen molar-refractivity contribution in [3.05, 3.63) is 36.1 Å². The highest BCUT2D eigenvalue weighted by molar-refractivity contribution is 5.81. The standard InChI is InChI=1S/C15H20N2O/c1-17(11-5-4-6-11)14(9-16)13-10-18-15-8-3-2-7-12(13)15/h2-3,7-8,10-11,14H,4-6,9,16H2,1H3. The van der Waals surface area contributed by atoms with Gasteiger partial charge >= 0.3 is 0 Å². The molecule has 1 saturated carbocycles. The SMILES string of the molecule is CN(C1CCC1)C(CN)c1coc2ccccc12. The number of hydrogen-bond acceptors (Lipinski definition) is 3. The van der Waals surface area contributed by atoms with E-state index in [1.54, 1.807) is 0 Å². The Kier molecular flexibility index (Phi) is 3.10. The number of hydrogen-bond donors (Lipinski definition) is 1. The van der Waals surface area contributed by atoms with Gasteiger partial charge in [0.05, 0.1) is 12.3 Å². The van der Waals surface area contributed by atoms with E-state index in [1.165, 1.54) is 30.2 Å². The molecule has 3 heteroatoms. The van der Waals surface area contributed by atoms with Gasteiger partial charge in [-0.3, -0.25) is 4.90 Å². The summed E-state index contributed by atoms with van der Waals surface area (Å²) >= 11 is 0. The third kappa shape index (κ3) is 1.84. The van der Waals surface area contributed by atoms with E-state index in [9.17, 15) is 0 Å². The monoisotopic (exact) mass is 244 g/mol. The Bertz CT molecular complexity index is 530. The zero-order valence-electron chi connectivity index (χ0n) is 10.8. The Hall–Kier alpha value is -1.32. The van der Waals surface area contributed by atoms with Gasteiger partial charge in [-0.1, -0.05) is 24.6 Å². The zero-order valence-corrected chi connectivity index (χ0v) is 10.8.